The number of ether oxygens (including phenoxy) is 2. The molecule has 1 N–H and O–H groups in total. The summed E-state index contributed by atoms with van der Waals surface area (Å²) in [7, 11) is 1.71. The molecular weight excluding hydrogens is 370 g/mol. The monoisotopic (exact) mass is 395 g/mol. The molecule has 3 aromatic rings. The number of benzene rings is 3. The third-order valence-electron chi connectivity index (χ3n) is 5.67. The molecule has 0 radical (unpaired) electrons. The van der Waals surface area contributed by atoms with Gasteiger partial charge in [-0.2, -0.15) is 0 Å². The molecule has 3 heteroatoms. The molecule has 2 aliphatic rings. The molecular formula is C27H25NO2. The lowest BCUT2D eigenvalue weighted by atomic mass is 9.83. The summed E-state index contributed by atoms with van der Waals surface area (Å²) < 4.78 is 12.2. The van der Waals surface area contributed by atoms with E-state index in [-0.39, 0.29) is 5.54 Å². The third-order valence-corrected chi connectivity index (χ3v) is 5.67. The molecule has 0 aromatic heterocycles. The fourth-order valence-corrected chi connectivity index (χ4v) is 4.58. The zero-order chi connectivity index (χ0) is 20.9. The van der Waals surface area contributed by atoms with Crippen molar-refractivity contribution in [2.24, 2.45) is 0 Å². The minimum atomic E-state index is -0.0975. The van der Waals surface area contributed by atoms with Crippen LogP contribution in [0.5, 0.6) is 11.5 Å². The lowest BCUT2D eigenvalue weighted by Crippen LogP contribution is -2.32. The van der Waals surface area contributed by atoms with Crippen molar-refractivity contribution in [3.05, 3.63) is 83.4 Å². The molecule has 3 nitrogen and oxygen atoms in total. The van der Waals surface area contributed by atoms with Crippen LogP contribution >= 0.6 is 0 Å². The van der Waals surface area contributed by atoms with Crippen LogP contribution in [0.2, 0.25) is 0 Å². The van der Waals surface area contributed by atoms with Crippen molar-refractivity contribution < 1.29 is 9.47 Å². The van der Waals surface area contributed by atoms with Gasteiger partial charge in [-0.25, -0.2) is 0 Å². The van der Waals surface area contributed by atoms with Gasteiger partial charge in [-0.3, -0.25) is 0 Å². The Bertz CT molecular complexity index is 1200. The van der Waals surface area contributed by atoms with E-state index in [4.69, 9.17) is 9.47 Å². The van der Waals surface area contributed by atoms with E-state index in [0.29, 0.717) is 0 Å². The normalized spacial score (nSPS) is 17.1. The Morgan fingerprint density at radius 2 is 1.70 bits per heavy atom. The first kappa shape index (κ1) is 18.6. The van der Waals surface area contributed by atoms with Crippen LogP contribution < -0.4 is 14.8 Å². The van der Waals surface area contributed by atoms with Crippen molar-refractivity contribution in [1.82, 2.24) is 0 Å². The molecule has 150 valence electrons. The number of allylic oxidation sites excluding steroid dienone is 1. The van der Waals surface area contributed by atoms with E-state index in [1.54, 1.807) is 7.11 Å². The Balaban J connectivity index is 1.83. The molecule has 0 amide bonds. The maximum atomic E-state index is 6.50. The summed E-state index contributed by atoms with van der Waals surface area (Å²) >= 11 is 0. The number of fused-ring (bicyclic) bond motifs is 5. The topological polar surface area (TPSA) is 30.5 Å². The highest BCUT2D eigenvalue weighted by Gasteiger charge is 2.32. The molecule has 0 saturated carbocycles. The lowest BCUT2D eigenvalue weighted by Gasteiger charge is -2.35. The predicted octanol–water partition coefficient (Wildman–Crippen LogP) is 6.86. The van der Waals surface area contributed by atoms with Crippen LogP contribution in [0.4, 0.5) is 5.69 Å². The van der Waals surface area contributed by atoms with Crippen molar-refractivity contribution in [3.63, 3.8) is 0 Å². The van der Waals surface area contributed by atoms with Crippen LogP contribution in [0.25, 0.3) is 28.5 Å². The SMILES string of the molecule is COc1cccc2c1-c1ccc3c(c1/C(=C/c1ccccc1)O2)C(C)=CC(C)(C)N3. The minimum absolute atomic E-state index is 0.0975. The van der Waals surface area contributed by atoms with Crippen LogP contribution in [0.1, 0.15) is 37.5 Å². The van der Waals surface area contributed by atoms with Crippen molar-refractivity contribution in [2.45, 2.75) is 26.3 Å². The van der Waals surface area contributed by atoms with Gasteiger partial charge in [0.25, 0.3) is 0 Å². The highest BCUT2D eigenvalue weighted by Crippen LogP contribution is 2.51. The molecule has 2 aliphatic heterocycles. The molecule has 0 fully saturated rings. The van der Waals surface area contributed by atoms with E-state index >= 15 is 0 Å². The highest BCUT2D eigenvalue weighted by atomic mass is 16.5. The van der Waals surface area contributed by atoms with Gasteiger partial charge in [-0.05, 0) is 56.2 Å². The smallest absolute Gasteiger partial charge is 0.139 e. The molecule has 0 saturated heterocycles. The van der Waals surface area contributed by atoms with Crippen LogP contribution in [0.3, 0.4) is 0 Å². The molecule has 5 rings (SSSR count). The Hall–Kier alpha value is -3.46. The average Bonchev–Trinajstić information content (AvgIpc) is 2.72. The van der Waals surface area contributed by atoms with Gasteiger partial charge in [0.15, 0.2) is 0 Å². The first-order valence-electron chi connectivity index (χ1n) is 10.2. The molecule has 0 atom stereocenters. The molecule has 3 aromatic carbocycles. The highest BCUT2D eigenvalue weighted by molar-refractivity contribution is 6.01. The quantitative estimate of drug-likeness (QED) is 0.514. The summed E-state index contributed by atoms with van der Waals surface area (Å²) in [5.41, 5.74) is 7.79. The van der Waals surface area contributed by atoms with E-state index in [0.717, 1.165) is 45.2 Å². The maximum Gasteiger partial charge on any atom is 0.139 e. The molecule has 30 heavy (non-hydrogen) atoms. The molecule has 0 bridgehead atoms. The summed E-state index contributed by atoms with van der Waals surface area (Å²) in [5, 5.41) is 3.66. The third kappa shape index (κ3) is 2.98. The van der Waals surface area contributed by atoms with E-state index in [1.807, 2.05) is 36.4 Å². The van der Waals surface area contributed by atoms with E-state index in [9.17, 15) is 0 Å². The maximum absolute atomic E-state index is 6.50. The number of hydrogen-bond donors (Lipinski definition) is 1. The Morgan fingerprint density at radius 3 is 2.47 bits per heavy atom. The number of nitrogens with one attached hydrogen (secondary N) is 1. The summed E-state index contributed by atoms with van der Waals surface area (Å²) in [6.07, 6.45) is 4.40. The lowest BCUT2D eigenvalue weighted by molar-refractivity contribution is 0.412. The average molecular weight is 396 g/mol. The fraction of sp³-hybridized carbons (Fsp3) is 0.185. The summed E-state index contributed by atoms with van der Waals surface area (Å²) in [6, 6.07) is 20.6. The summed E-state index contributed by atoms with van der Waals surface area (Å²) in [5.74, 6) is 2.48. The second kappa shape index (κ2) is 6.81. The van der Waals surface area contributed by atoms with Gasteiger partial charge in [0.1, 0.15) is 17.3 Å². The first-order valence-corrected chi connectivity index (χ1v) is 10.2. The summed E-state index contributed by atoms with van der Waals surface area (Å²) in [4.78, 5) is 0. The van der Waals surface area contributed by atoms with E-state index in [1.165, 1.54) is 11.1 Å². The fourth-order valence-electron chi connectivity index (χ4n) is 4.58. The second-order valence-electron chi connectivity index (χ2n) is 8.44. The van der Waals surface area contributed by atoms with Gasteiger partial charge in [0.2, 0.25) is 0 Å². The predicted molar refractivity (Wildman–Crippen MR) is 125 cm³/mol. The Labute approximate surface area is 177 Å². The van der Waals surface area contributed by atoms with Gasteiger partial charge in [0, 0.05) is 22.4 Å². The molecule has 0 unspecified atom stereocenters. The van der Waals surface area contributed by atoms with Crippen LogP contribution in [0.15, 0.2) is 66.7 Å². The van der Waals surface area contributed by atoms with Gasteiger partial charge in [-0.15, -0.1) is 0 Å². The number of methoxy groups -OCH3 is 1. The zero-order valence-corrected chi connectivity index (χ0v) is 17.7. The Morgan fingerprint density at radius 1 is 0.900 bits per heavy atom. The van der Waals surface area contributed by atoms with Gasteiger partial charge >= 0.3 is 0 Å². The number of hydrogen-bond acceptors (Lipinski definition) is 3. The van der Waals surface area contributed by atoms with Crippen molar-refractivity contribution in [1.29, 1.82) is 0 Å². The van der Waals surface area contributed by atoms with Crippen LogP contribution in [-0.2, 0) is 0 Å². The molecule has 2 heterocycles. The van der Waals surface area contributed by atoms with E-state index in [2.05, 4.69) is 62.5 Å². The van der Waals surface area contributed by atoms with Crippen molar-refractivity contribution in [3.8, 4) is 22.6 Å². The van der Waals surface area contributed by atoms with Gasteiger partial charge in [-0.1, -0.05) is 48.5 Å². The Kier molecular flexibility index (Phi) is 4.21. The molecule has 0 spiro atoms. The van der Waals surface area contributed by atoms with Crippen molar-refractivity contribution in [2.75, 3.05) is 12.4 Å². The zero-order valence-electron chi connectivity index (χ0n) is 17.7. The van der Waals surface area contributed by atoms with Crippen LogP contribution in [-0.4, -0.2) is 12.6 Å². The van der Waals surface area contributed by atoms with E-state index < -0.39 is 0 Å². The van der Waals surface area contributed by atoms with Crippen LogP contribution in [0, 0.1) is 0 Å². The largest absolute Gasteiger partial charge is 0.496 e. The van der Waals surface area contributed by atoms with Gasteiger partial charge in [0.05, 0.1) is 18.2 Å². The first-order chi connectivity index (χ1) is 14.5. The van der Waals surface area contributed by atoms with Crippen molar-refractivity contribution >= 4 is 23.1 Å². The standard InChI is InChI=1S/C27H25NO2/c1-17-16-27(2,3)28-20-14-13-19-25-21(29-4)11-8-12-22(25)30-23(26(19)24(17)20)15-18-9-6-5-7-10-18/h5-16,28H,1-4H3/b23-15-. The number of rotatable bonds is 2. The summed E-state index contributed by atoms with van der Waals surface area (Å²) in [6.45, 7) is 6.56. The number of anilines is 1. The molecule has 0 aliphatic carbocycles. The minimum Gasteiger partial charge on any atom is -0.496 e. The van der Waals surface area contributed by atoms with Gasteiger partial charge < -0.3 is 14.8 Å². The second-order valence-corrected chi connectivity index (χ2v) is 8.44.